The van der Waals surface area contributed by atoms with Crippen LogP contribution in [0.5, 0.6) is 0 Å². The first-order chi connectivity index (χ1) is 8.28. The Hall–Kier alpha value is -0.370. The molecule has 0 radical (unpaired) electrons. The summed E-state index contributed by atoms with van der Waals surface area (Å²) in [5.41, 5.74) is -0.0125. The van der Waals surface area contributed by atoms with Crippen LogP contribution in [0, 0.1) is 11.3 Å². The van der Waals surface area contributed by atoms with Crippen LogP contribution in [0.3, 0.4) is 0 Å². The third-order valence-corrected chi connectivity index (χ3v) is 4.55. The summed E-state index contributed by atoms with van der Waals surface area (Å²) in [5.74, 6) is 0.935. The minimum atomic E-state index is -0.0125. The zero-order chi connectivity index (χ0) is 12.1. The van der Waals surface area contributed by atoms with Gasteiger partial charge in [-0.1, -0.05) is 32.6 Å². The Morgan fingerprint density at radius 1 is 1.18 bits per heavy atom. The van der Waals surface area contributed by atoms with E-state index in [2.05, 4.69) is 11.8 Å². The predicted molar refractivity (Wildman–Crippen MR) is 71.0 cm³/mol. The average Bonchev–Trinajstić information content (AvgIpc) is 3.16. The Morgan fingerprint density at radius 2 is 1.82 bits per heavy atom. The van der Waals surface area contributed by atoms with E-state index < -0.39 is 0 Å². The third-order valence-electron chi connectivity index (χ3n) is 4.55. The standard InChI is InChI=1S/C15H27NO/c1-2-16(11-14-7-8-14)12-15(13-17)9-5-3-4-6-10-15/h13-14H,2-12H2,1H3. The molecule has 2 saturated carbocycles. The molecule has 0 aromatic rings. The number of aldehydes is 1. The van der Waals surface area contributed by atoms with Gasteiger partial charge in [0.05, 0.1) is 0 Å². The Labute approximate surface area is 106 Å². The van der Waals surface area contributed by atoms with Crippen LogP contribution in [0.2, 0.25) is 0 Å². The first-order valence-electron chi connectivity index (χ1n) is 7.47. The molecule has 0 atom stereocenters. The largest absolute Gasteiger partial charge is 0.303 e. The number of carbonyl (C=O) groups is 1. The molecule has 0 spiro atoms. The Morgan fingerprint density at radius 3 is 2.29 bits per heavy atom. The van der Waals surface area contributed by atoms with Crippen molar-refractivity contribution in [2.45, 2.75) is 58.3 Å². The van der Waals surface area contributed by atoms with Gasteiger partial charge in [0.25, 0.3) is 0 Å². The Kier molecular flexibility index (Phi) is 4.61. The summed E-state index contributed by atoms with van der Waals surface area (Å²) in [7, 11) is 0. The summed E-state index contributed by atoms with van der Waals surface area (Å²) in [6.45, 7) is 5.58. The van der Waals surface area contributed by atoms with Gasteiger partial charge in [-0.25, -0.2) is 0 Å². The van der Waals surface area contributed by atoms with E-state index in [0.717, 1.165) is 31.8 Å². The van der Waals surface area contributed by atoms with E-state index in [1.165, 1.54) is 51.4 Å². The summed E-state index contributed by atoms with van der Waals surface area (Å²) < 4.78 is 0. The maximum atomic E-state index is 11.6. The van der Waals surface area contributed by atoms with Gasteiger partial charge < -0.3 is 9.69 Å². The van der Waals surface area contributed by atoms with E-state index in [0.29, 0.717) is 0 Å². The average molecular weight is 237 g/mol. The number of carbonyl (C=O) groups excluding carboxylic acids is 1. The highest BCUT2D eigenvalue weighted by Gasteiger charge is 2.34. The Bertz CT molecular complexity index is 239. The molecule has 0 saturated heterocycles. The number of nitrogens with zero attached hydrogens (tertiary/aromatic N) is 1. The van der Waals surface area contributed by atoms with Crippen LogP contribution in [-0.2, 0) is 4.79 Å². The van der Waals surface area contributed by atoms with Crippen LogP contribution < -0.4 is 0 Å². The molecule has 2 rings (SSSR count). The van der Waals surface area contributed by atoms with E-state index in [1.54, 1.807) is 0 Å². The molecule has 0 aromatic carbocycles. The molecule has 0 aliphatic heterocycles. The lowest BCUT2D eigenvalue weighted by Gasteiger charge is -2.33. The summed E-state index contributed by atoms with van der Waals surface area (Å²) >= 11 is 0. The quantitative estimate of drug-likeness (QED) is 0.522. The van der Waals surface area contributed by atoms with Gasteiger partial charge in [-0.05, 0) is 38.1 Å². The van der Waals surface area contributed by atoms with Crippen molar-refractivity contribution in [3.63, 3.8) is 0 Å². The van der Waals surface area contributed by atoms with Gasteiger partial charge in [0.15, 0.2) is 0 Å². The molecule has 0 amide bonds. The zero-order valence-corrected chi connectivity index (χ0v) is 11.3. The van der Waals surface area contributed by atoms with Crippen molar-refractivity contribution in [2.75, 3.05) is 19.6 Å². The second-order valence-corrected chi connectivity index (χ2v) is 6.17. The van der Waals surface area contributed by atoms with Crippen molar-refractivity contribution in [3.8, 4) is 0 Å². The second-order valence-electron chi connectivity index (χ2n) is 6.17. The van der Waals surface area contributed by atoms with Crippen LogP contribution in [0.4, 0.5) is 0 Å². The van der Waals surface area contributed by atoms with Gasteiger partial charge in [0.1, 0.15) is 6.29 Å². The molecule has 2 aliphatic carbocycles. The van der Waals surface area contributed by atoms with E-state index >= 15 is 0 Å². The zero-order valence-electron chi connectivity index (χ0n) is 11.3. The molecule has 98 valence electrons. The molecular formula is C15H27NO. The normalized spacial score (nSPS) is 24.6. The lowest BCUT2D eigenvalue weighted by atomic mass is 9.81. The SMILES string of the molecule is CCN(CC1CC1)CC1(C=O)CCCCCC1. The highest BCUT2D eigenvalue weighted by molar-refractivity contribution is 5.59. The van der Waals surface area contributed by atoms with Crippen molar-refractivity contribution in [1.29, 1.82) is 0 Å². The highest BCUT2D eigenvalue weighted by Crippen LogP contribution is 2.36. The third kappa shape index (κ3) is 3.80. The van der Waals surface area contributed by atoms with Crippen molar-refractivity contribution in [1.82, 2.24) is 4.90 Å². The van der Waals surface area contributed by atoms with Crippen LogP contribution in [0.25, 0.3) is 0 Å². The van der Waals surface area contributed by atoms with E-state index in [4.69, 9.17) is 0 Å². The minimum absolute atomic E-state index is 0.0125. The topological polar surface area (TPSA) is 20.3 Å². The molecule has 2 aliphatic rings. The predicted octanol–water partition coefficient (Wildman–Crippen LogP) is 3.26. The number of rotatable bonds is 6. The van der Waals surface area contributed by atoms with Crippen molar-refractivity contribution >= 4 is 6.29 Å². The first kappa shape index (κ1) is 13.1. The van der Waals surface area contributed by atoms with Crippen molar-refractivity contribution in [2.24, 2.45) is 11.3 Å². The molecule has 0 bridgehead atoms. The molecule has 0 unspecified atom stereocenters. The van der Waals surface area contributed by atoms with Gasteiger partial charge in [-0.15, -0.1) is 0 Å². The molecule has 17 heavy (non-hydrogen) atoms. The van der Waals surface area contributed by atoms with Crippen LogP contribution >= 0.6 is 0 Å². The van der Waals surface area contributed by atoms with Gasteiger partial charge in [-0.2, -0.15) is 0 Å². The van der Waals surface area contributed by atoms with Crippen LogP contribution in [0.1, 0.15) is 58.3 Å². The van der Waals surface area contributed by atoms with E-state index in [9.17, 15) is 4.79 Å². The summed E-state index contributed by atoms with van der Waals surface area (Å²) in [6.07, 6.45) is 11.5. The monoisotopic (exact) mass is 237 g/mol. The first-order valence-corrected chi connectivity index (χ1v) is 7.47. The maximum absolute atomic E-state index is 11.6. The summed E-state index contributed by atoms with van der Waals surface area (Å²) in [5, 5.41) is 0. The summed E-state index contributed by atoms with van der Waals surface area (Å²) in [6, 6.07) is 0. The molecule has 2 heteroatoms. The molecule has 0 N–H and O–H groups in total. The lowest BCUT2D eigenvalue weighted by Crippen LogP contribution is -2.39. The Balaban J connectivity index is 1.92. The van der Waals surface area contributed by atoms with Gasteiger partial charge in [0, 0.05) is 18.5 Å². The molecular weight excluding hydrogens is 210 g/mol. The van der Waals surface area contributed by atoms with Crippen molar-refractivity contribution < 1.29 is 4.79 Å². The van der Waals surface area contributed by atoms with Crippen molar-refractivity contribution in [3.05, 3.63) is 0 Å². The fraction of sp³-hybridized carbons (Fsp3) is 0.933. The van der Waals surface area contributed by atoms with E-state index in [1.807, 2.05) is 0 Å². The molecule has 0 heterocycles. The smallest absolute Gasteiger partial charge is 0.127 e. The summed E-state index contributed by atoms with van der Waals surface area (Å²) in [4.78, 5) is 14.1. The fourth-order valence-corrected chi connectivity index (χ4v) is 3.16. The number of hydrogen-bond donors (Lipinski definition) is 0. The molecule has 2 fully saturated rings. The van der Waals surface area contributed by atoms with Crippen LogP contribution in [0.15, 0.2) is 0 Å². The van der Waals surface area contributed by atoms with Gasteiger partial charge in [0.2, 0.25) is 0 Å². The number of hydrogen-bond acceptors (Lipinski definition) is 2. The van der Waals surface area contributed by atoms with Crippen LogP contribution in [-0.4, -0.2) is 30.8 Å². The van der Waals surface area contributed by atoms with Gasteiger partial charge >= 0.3 is 0 Å². The fourth-order valence-electron chi connectivity index (χ4n) is 3.16. The van der Waals surface area contributed by atoms with E-state index in [-0.39, 0.29) is 5.41 Å². The second kappa shape index (κ2) is 5.99. The van der Waals surface area contributed by atoms with Gasteiger partial charge in [-0.3, -0.25) is 0 Å². The lowest BCUT2D eigenvalue weighted by molar-refractivity contribution is -0.118. The minimum Gasteiger partial charge on any atom is -0.303 e. The highest BCUT2D eigenvalue weighted by atomic mass is 16.1. The molecule has 2 nitrogen and oxygen atoms in total. The maximum Gasteiger partial charge on any atom is 0.127 e. The molecule has 0 aromatic heterocycles.